The minimum absolute atomic E-state index is 1.14. The molecule has 0 atom stereocenters. The second-order valence-electron chi connectivity index (χ2n) is 13.4. The molecule has 0 N–H and O–H groups in total. The fourth-order valence-corrected chi connectivity index (χ4v) is 6.81. The van der Waals surface area contributed by atoms with Gasteiger partial charge >= 0.3 is 0 Å². The number of aryl methyl sites for hydroxylation is 2. The normalized spacial score (nSPS) is 11.0. The Labute approximate surface area is 301 Å². The summed E-state index contributed by atoms with van der Waals surface area (Å²) in [6.07, 6.45) is 12.6. The number of anilines is 6. The molecule has 0 unspecified atom stereocenters. The van der Waals surface area contributed by atoms with Crippen LogP contribution in [0.5, 0.6) is 0 Å². The van der Waals surface area contributed by atoms with E-state index in [1.54, 1.807) is 0 Å². The van der Waals surface area contributed by atoms with Crippen LogP contribution in [0.2, 0.25) is 0 Å². The zero-order chi connectivity index (χ0) is 34.4. The zero-order valence-electron chi connectivity index (χ0n) is 30.0. The topological polar surface area (TPSA) is 6.48 Å². The van der Waals surface area contributed by atoms with E-state index in [4.69, 9.17) is 0 Å². The summed E-state index contributed by atoms with van der Waals surface area (Å²) in [5.41, 5.74) is 12.2. The molecule has 0 aromatic heterocycles. The van der Waals surface area contributed by atoms with Crippen molar-refractivity contribution in [3.05, 3.63) is 169 Å². The number of unbranched alkanes of at least 4 members (excludes halogenated alkanes) is 6. The van der Waals surface area contributed by atoms with E-state index >= 15 is 0 Å². The van der Waals surface area contributed by atoms with E-state index in [0.29, 0.717) is 0 Å². The van der Waals surface area contributed by atoms with Gasteiger partial charge in [-0.2, -0.15) is 0 Å². The number of hydrogen-bond donors (Lipinski definition) is 0. The molecule has 0 aliphatic heterocycles. The van der Waals surface area contributed by atoms with Crippen LogP contribution in [0.3, 0.4) is 0 Å². The van der Waals surface area contributed by atoms with Gasteiger partial charge in [-0.15, -0.1) is 0 Å². The van der Waals surface area contributed by atoms with E-state index < -0.39 is 0 Å². The number of para-hydroxylation sites is 2. The third kappa shape index (κ3) is 9.12. The first kappa shape index (κ1) is 34.8. The highest BCUT2D eigenvalue weighted by Crippen LogP contribution is 2.39. The van der Waals surface area contributed by atoms with Gasteiger partial charge in [0.15, 0.2) is 0 Å². The molecule has 6 aromatic rings. The van der Waals surface area contributed by atoms with E-state index in [9.17, 15) is 0 Å². The molecule has 0 spiro atoms. The van der Waals surface area contributed by atoms with Crippen LogP contribution in [0.1, 0.15) is 76.3 Å². The van der Waals surface area contributed by atoms with Crippen molar-refractivity contribution < 1.29 is 0 Å². The summed E-state index contributed by atoms with van der Waals surface area (Å²) in [5.74, 6) is 0. The molecule has 2 nitrogen and oxygen atoms in total. The van der Waals surface area contributed by atoms with Gasteiger partial charge in [0.05, 0.1) is 0 Å². The van der Waals surface area contributed by atoms with Crippen molar-refractivity contribution in [3.63, 3.8) is 0 Å². The maximum Gasteiger partial charge on any atom is 0.0467 e. The van der Waals surface area contributed by atoms with E-state index in [1.807, 2.05) is 0 Å². The van der Waals surface area contributed by atoms with Crippen LogP contribution in [-0.4, -0.2) is 0 Å². The Morgan fingerprint density at radius 3 is 1.24 bits per heavy atom. The highest BCUT2D eigenvalue weighted by atomic mass is 15.1. The Kier molecular flexibility index (Phi) is 12.6. The third-order valence-corrected chi connectivity index (χ3v) is 9.62. The molecule has 0 saturated carbocycles. The van der Waals surface area contributed by atoms with Crippen molar-refractivity contribution in [1.29, 1.82) is 0 Å². The number of rotatable bonds is 17. The summed E-state index contributed by atoms with van der Waals surface area (Å²) in [7, 11) is 0. The molecule has 50 heavy (non-hydrogen) atoms. The minimum atomic E-state index is 1.14. The lowest BCUT2D eigenvalue weighted by molar-refractivity contribution is 0.632. The first-order valence-corrected chi connectivity index (χ1v) is 18.8. The third-order valence-electron chi connectivity index (χ3n) is 9.62. The average Bonchev–Trinajstić information content (AvgIpc) is 3.18. The number of hydrogen-bond acceptors (Lipinski definition) is 2. The molecule has 2 heteroatoms. The van der Waals surface area contributed by atoms with E-state index in [0.717, 1.165) is 35.6 Å². The molecule has 0 amide bonds. The highest BCUT2D eigenvalue weighted by molar-refractivity contribution is 5.82. The monoisotopic (exact) mass is 656 g/mol. The van der Waals surface area contributed by atoms with Crippen LogP contribution in [0.4, 0.5) is 34.1 Å². The van der Waals surface area contributed by atoms with Gasteiger partial charge in [-0.25, -0.2) is 0 Å². The highest BCUT2D eigenvalue weighted by Gasteiger charge is 2.15. The SMILES string of the molecule is CCCCCCCc1ccc(N(c2ccccc2)c2cccc(-c3ccc(N(c4ccccc4)c4ccc(CCCCC)cc4)cc3)c2)cc1. The van der Waals surface area contributed by atoms with Gasteiger partial charge in [0, 0.05) is 34.1 Å². The molecule has 0 heterocycles. The summed E-state index contributed by atoms with van der Waals surface area (Å²) in [4.78, 5) is 4.72. The van der Waals surface area contributed by atoms with Crippen molar-refractivity contribution in [2.45, 2.75) is 78.1 Å². The summed E-state index contributed by atoms with van der Waals surface area (Å²) in [5, 5.41) is 0. The van der Waals surface area contributed by atoms with Gasteiger partial charge in [-0.05, 0) is 121 Å². The van der Waals surface area contributed by atoms with E-state index in [-0.39, 0.29) is 0 Å². The van der Waals surface area contributed by atoms with E-state index in [2.05, 4.69) is 181 Å². The first-order chi connectivity index (χ1) is 24.7. The van der Waals surface area contributed by atoms with E-state index in [1.165, 1.54) is 85.0 Å². The van der Waals surface area contributed by atoms with Gasteiger partial charge in [-0.3, -0.25) is 0 Å². The molecule has 6 aromatic carbocycles. The van der Waals surface area contributed by atoms with Crippen molar-refractivity contribution in [2.24, 2.45) is 0 Å². The molecular weight excluding hydrogens is 605 g/mol. The van der Waals surface area contributed by atoms with Crippen molar-refractivity contribution in [3.8, 4) is 11.1 Å². The summed E-state index contributed by atoms with van der Waals surface area (Å²) in [6, 6.07) is 57.6. The van der Waals surface area contributed by atoms with Crippen molar-refractivity contribution in [2.75, 3.05) is 9.80 Å². The fourth-order valence-electron chi connectivity index (χ4n) is 6.81. The maximum absolute atomic E-state index is 2.37. The Morgan fingerprint density at radius 1 is 0.320 bits per heavy atom. The van der Waals surface area contributed by atoms with Crippen LogP contribution in [-0.2, 0) is 12.8 Å². The predicted molar refractivity (Wildman–Crippen MR) is 217 cm³/mol. The second-order valence-corrected chi connectivity index (χ2v) is 13.4. The maximum atomic E-state index is 2.37. The molecule has 0 radical (unpaired) electrons. The van der Waals surface area contributed by atoms with Gasteiger partial charge in [0.1, 0.15) is 0 Å². The molecule has 0 saturated heterocycles. The Hall–Kier alpha value is -5.08. The van der Waals surface area contributed by atoms with Crippen LogP contribution in [0.25, 0.3) is 11.1 Å². The Bertz CT molecular complexity index is 1840. The molecule has 0 fully saturated rings. The lowest BCUT2D eigenvalue weighted by atomic mass is 10.0. The van der Waals surface area contributed by atoms with Crippen LogP contribution < -0.4 is 9.80 Å². The van der Waals surface area contributed by atoms with Crippen molar-refractivity contribution >= 4 is 34.1 Å². The summed E-state index contributed by atoms with van der Waals surface area (Å²) < 4.78 is 0. The molecular formula is C48H52N2. The van der Waals surface area contributed by atoms with Gasteiger partial charge < -0.3 is 9.80 Å². The van der Waals surface area contributed by atoms with Gasteiger partial charge in [0.2, 0.25) is 0 Å². The minimum Gasteiger partial charge on any atom is -0.311 e. The van der Waals surface area contributed by atoms with Crippen LogP contribution >= 0.6 is 0 Å². The average molecular weight is 657 g/mol. The fraction of sp³-hybridized carbons (Fsp3) is 0.250. The number of nitrogens with zero attached hydrogens (tertiary/aromatic N) is 2. The largest absolute Gasteiger partial charge is 0.311 e. The lowest BCUT2D eigenvalue weighted by Crippen LogP contribution is -2.10. The Morgan fingerprint density at radius 2 is 0.720 bits per heavy atom. The first-order valence-electron chi connectivity index (χ1n) is 18.8. The second kappa shape index (κ2) is 18.1. The molecule has 0 bridgehead atoms. The predicted octanol–water partition coefficient (Wildman–Crippen LogP) is 14.5. The standard InChI is InChI=1S/C48H52N2/c1-3-5-7-8-12-19-40-28-34-46(35-29-40)50(44-23-15-10-16-24-44)48-25-17-20-42(38-48)41-30-36-47(37-31-41)49(43-21-13-9-14-22-43)45-32-26-39(27-33-45)18-11-6-4-2/h9-10,13-17,20-38H,3-8,11-12,18-19H2,1-2H3. The molecule has 6 rings (SSSR count). The van der Waals surface area contributed by atoms with Crippen LogP contribution in [0, 0.1) is 0 Å². The van der Waals surface area contributed by atoms with Crippen LogP contribution in [0.15, 0.2) is 158 Å². The van der Waals surface area contributed by atoms with Gasteiger partial charge in [0.25, 0.3) is 0 Å². The molecule has 0 aliphatic carbocycles. The van der Waals surface area contributed by atoms with Crippen molar-refractivity contribution in [1.82, 2.24) is 0 Å². The number of benzene rings is 6. The Balaban J connectivity index is 1.25. The molecule has 0 aliphatic rings. The summed E-state index contributed by atoms with van der Waals surface area (Å²) in [6.45, 7) is 4.54. The zero-order valence-corrected chi connectivity index (χ0v) is 30.0. The lowest BCUT2D eigenvalue weighted by Gasteiger charge is -2.27. The molecule has 254 valence electrons. The smallest absolute Gasteiger partial charge is 0.0467 e. The quantitative estimate of drug-likeness (QED) is 0.0902. The summed E-state index contributed by atoms with van der Waals surface area (Å²) >= 11 is 0. The van der Waals surface area contributed by atoms with Gasteiger partial charge in [-0.1, -0.05) is 137 Å².